The van der Waals surface area contributed by atoms with E-state index in [0.717, 1.165) is 18.4 Å². The zero-order valence-corrected chi connectivity index (χ0v) is 19.1. The predicted octanol–water partition coefficient (Wildman–Crippen LogP) is 3.14. The lowest BCUT2D eigenvalue weighted by atomic mass is 10.1. The molecule has 0 saturated carbocycles. The van der Waals surface area contributed by atoms with Crippen LogP contribution in [0.5, 0.6) is 0 Å². The van der Waals surface area contributed by atoms with Crippen LogP contribution in [0.15, 0.2) is 42.5 Å². The molecule has 0 aliphatic rings. The molecule has 0 unspecified atom stereocenters. The fourth-order valence-corrected chi connectivity index (χ4v) is 3.83. The summed E-state index contributed by atoms with van der Waals surface area (Å²) in [5.41, 5.74) is -1.43. The molecule has 0 bridgehead atoms. The number of carbonyl (C=O) groups excluding carboxylic acids is 2. The van der Waals surface area contributed by atoms with Gasteiger partial charge in [0.1, 0.15) is 6.54 Å². The molecule has 33 heavy (non-hydrogen) atoms. The first-order chi connectivity index (χ1) is 15.3. The number of rotatable bonds is 9. The van der Waals surface area contributed by atoms with E-state index in [2.05, 4.69) is 10.6 Å². The van der Waals surface area contributed by atoms with Gasteiger partial charge in [-0.15, -0.1) is 0 Å². The molecule has 0 spiro atoms. The number of ether oxygens (including phenoxy) is 1. The Morgan fingerprint density at radius 3 is 2.42 bits per heavy atom. The van der Waals surface area contributed by atoms with Crippen molar-refractivity contribution in [1.29, 1.82) is 0 Å². The molecule has 0 atom stereocenters. The second kappa shape index (κ2) is 10.9. The molecular weight excluding hydrogens is 487 g/mol. The maximum atomic E-state index is 13.2. The number of nitrogens with one attached hydrogen (secondary N) is 2. The number of benzene rings is 2. The van der Waals surface area contributed by atoms with Crippen LogP contribution in [0.25, 0.3) is 0 Å². The van der Waals surface area contributed by atoms with Gasteiger partial charge in [0.25, 0.3) is 5.91 Å². The van der Waals surface area contributed by atoms with Gasteiger partial charge in [-0.25, -0.2) is 8.42 Å². The molecule has 13 heteroatoms. The Morgan fingerprint density at radius 2 is 1.82 bits per heavy atom. The van der Waals surface area contributed by atoms with Crippen molar-refractivity contribution >= 4 is 44.8 Å². The van der Waals surface area contributed by atoms with Gasteiger partial charge in [-0.3, -0.25) is 13.9 Å². The number of para-hydroxylation sites is 1. The third kappa shape index (κ3) is 7.34. The molecule has 2 aromatic rings. The number of carbonyl (C=O) groups is 2. The summed E-state index contributed by atoms with van der Waals surface area (Å²) in [6.45, 7) is -0.348. The van der Waals surface area contributed by atoms with Crippen LogP contribution in [0.1, 0.15) is 15.9 Å². The maximum Gasteiger partial charge on any atom is 0.417 e. The fourth-order valence-electron chi connectivity index (χ4n) is 2.76. The molecule has 0 aliphatic carbocycles. The van der Waals surface area contributed by atoms with Gasteiger partial charge in [0, 0.05) is 13.7 Å². The Morgan fingerprint density at radius 1 is 1.15 bits per heavy atom. The number of hydrogen-bond acceptors (Lipinski definition) is 5. The zero-order valence-electron chi connectivity index (χ0n) is 17.6. The second-order valence-electron chi connectivity index (χ2n) is 6.77. The SMILES string of the molecule is COCCNC(=O)c1ccccc1NC(=O)CN(c1ccc(Cl)c(C(F)(F)F)c1)S(C)(=O)=O. The minimum atomic E-state index is -4.83. The predicted molar refractivity (Wildman–Crippen MR) is 118 cm³/mol. The van der Waals surface area contributed by atoms with E-state index in [-0.39, 0.29) is 24.4 Å². The summed E-state index contributed by atoms with van der Waals surface area (Å²) in [5.74, 6) is -1.38. The van der Waals surface area contributed by atoms with Crippen LogP contribution in [0.2, 0.25) is 5.02 Å². The number of amides is 2. The summed E-state index contributed by atoms with van der Waals surface area (Å²) in [6, 6.07) is 8.49. The Hall–Kier alpha value is -2.83. The van der Waals surface area contributed by atoms with Crippen LogP contribution in [0.3, 0.4) is 0 Å². The van der Waals surface area contributed by atoms with Gasteiger partial charge in [-0.1, -0.05) is 23.7 Å². The Labute approximate surface area is 193 Å². The monoisotopic (exact) mass is 507 g/mol. The third-order valence-electron chi connectivity index (χ3n) is 4.27. The van der Waals surface area contributed by atoms with Gasteiger partial charge >= 0.3 is 6.18 Å². The van der Waals surface area contributed by atoms with Crippen molar-refractivity contribution in [3.63, 3.8) is 0 Å². The fraction of sp³-hybridized carbons (Fsp3) is 0.300. The molecule has 2 amide bonds. The molecular formula is C20H21ClF3N3O5S. The first-order valence-corrected chi connectivity index (χ1v) is 11.6. The average Bonchev–Trinajstić information content (AvgIpc) is 2.71. The molecule has 0 aromatic heterocycles. The number of hydrogen-bond donors (Lipinski definition) is 2. The average molecular weight is 508 g/mol. The van der Waals surface area contributed by atoms with Crippen molar-refractivity contribution < 1.29 is 35.9 Å². The zero-order chi connectivity index (χ0) is 24.8. The second-order valence-corrected chi connectivity index (χ2v) is 9.09. The number of halogens is 4. The van der Waals surface area contributed by atoms with Gasteiger partial charge in [0.15, 0.2) is 0 Å². The Kier molecular flexibility index (Phi) is 8.69. The summed E-state index contributed by atoms with van der Waals surface area (Å²) in [7, 11) is -2.69. The lowest BCUT2D eigenvalue weighted by Crippen LogP contribution is -2.38. The van der Waals surface area contributed by atoms with Crippen LogP contribution in [-0.2, 0) is 25.7 Å². The summed E-state index contributed by atoms with van der Waals surface area (Å²) in [5, 5.41) is 4.40. The van der Waals surface area contributed by atoms with E-state index in [1.165, 1.54) is 19.2 Å². The van der Waals surface area contributed by atoms with Gasteiger partial charge in [0.2, 0.25) is 15.9 Å². The standard InChI is InChI=1S/C20H21ClF3N3O5S/c1-32-10-9-25-19(29)14-5-3-4-6-17(14)26-18(28)12-27(33(2,30)31)13-7-8-16(21)15(11-13)20(22,23)24/h3-8,11H,9-10,12H2,1-2H3,(H,25,29)(H,26,28). The highest BCUT2D eigenvalue weighted by atomic mass is 35.5. The van der Waals surface area contributed by atoms with E-state index in [0.29, 0.717) is 10.4 Å². The minimum absolute atomic E-state index is 0.0953. The molecule has 8 nitrogen and oxygen atoms in total. The molecule has 0 fully saturated rings. The van der Waals surface area contributed by atoms with E-state index in [9.17, 15) is 31.2 Å². The van der Waals surface area contributed by atoms with E-state index in [1.807, 2.05) is 0 Å². The minimum Gasteiger partial charge on any atom is -0.383 e. The van der Waals surface area contributed by atoms with Crippen LogP contribution in [-0.4, -0.2) is 53.3 Å². The highest BCUT2D eigenvalue weighted by Crippen LogP contribution is 2.37. The molecule has 0 heterocycles. The molecule has 0 saturated heterocycles. The first-order valence-electron chi connectivity index (χ1n) is 9.35. The van der Waals surface area contributed by atoms with Crippen molar-refractivity contribution in [2.45, 2.75) is 6.18 Å². The van der Waals surface area contributed by atoms with Gasteiger partial charge in [-0.05, 0) is 30.3 Å². The molecule has 0 aliphatic heterocycles. The normalized spacial score (nSPS) is 11.7. The topological polar surface area (TPSA) is 105 Å². The van der Waals surface area contributed by atoms with E-state index >= 15 is 0 Å². The van der Waals surface area contributed by atoms with Gasteiger partial charge in [-0.2, -0.15) is 13.2 Å². The first kappa shape index (κ1) is 26.4. The Bertz CT molecular complexity index is 1130. The lowest BCUT2D eigenvalue weighted by molar-refractivity contribution is -0.137. The quantitative estimate of drug-likeness (QED) is 0.507. The van der Waals surface area contributed by atoms with Crippen molar-refractivity contribution in [3.8, 4) is 0 Å². The smallest absolute Gasteiger partial charge is 0.383 e. The molecule has 180 valence electrons. The van der Waals surface area contributed by atoms with Gasteiger partial charge in [0.05, 0.1) is 40.4 Å². The summed E-state index contributed by atoms with van der Waals surface area (Å²) >= 11 is 5.59. The molecule has 2 N–H and O–H groups in total. The van der Waals surface area contributed by atoms with Crippen LogP contribution < -0.4 is 14.9 Å². The van der Waals surface area contributed by atoms with Gasteiger partial charge < -0.3 is 15.4 Å². The number of nitrogens with zero attached hydrogens (tertiary/aromatic N) is 1. The molecule has 2 rings (SSSR count). The Balaban J connectivity index is 2.28. The largest absolute Gasteiger partial charge is 0.417 e. The molecule has 2 aromatic carbocycles. The van der Waals surface area contributed by atoms with E-state index in [4.69, 9.17) is 16.3 Å². The van der Waals surface area contributed by atoms with Crippen LogP contribution in [0, 0.1) is 0 Å². The summed E-state index contributed by atoms with van der Waals surface area (Å²) in [6.07, 6.45) is -4.08. The van der Waals surface area contributed by atoms with Crippen molar-refractivity contribution in [2.24, 2.45) is 0 Å². The van der Waals surface area contributed by atoms with E-state index < -0.39 is 50.8 Å². The number of sulfonamides is 1. The summed E-state index contributed by atoms with van der Waals surface area (Å²) in [4.78, 5) is 25.0. The van der Waals surface area contributed by atoms with Crippen molar-refractivity contribution in [3.05, 3.63) is 58.6 Å². The van der Waals surface area contributed by atoms with Crippen LogP contribution >= 0.6 is 11.6 Å². The maximum absolute atomic E-state index is 13.2. The van der Waals surface area contributed by atoms with Crippen molar-refractivity contribution in [1.82, 2.24) is 5.32 Å². The highest BCUT2D eigenvalue weighted by Gasteiger charge is 2.34. The third-order valence-corrected chi connectivity index (χ3v) is 5.74. The van der Waals surface area contributed by atoms with E-state index in [1.54, 1.807) is 12.1 Å². The number of methoxy groups -OCH3 is 1. The van der Waals surface area contributed by atoms with Crippen LogP contribution in [0.4, 0.5) is 24.5 Å². The summed E-state index contributed by atoms with van der Waals surface area (Å²) < 4.78 is 69.4. The molecule has 0 radical (unpaired) electrons. The number of alkyl halides is 3. The van der Waals surface area contributed by atoms with Crippen molar-refractivity contribution in [2.75, 3.05) is 42.7 Å². The highest BCUT2D eigenvalue weighted by molar-refractivity contribution is 7.92. The number of anilines is 2. The lowest BCUT2D eigenvalue weighted by Gasteiger charge is -2.23.